The number of nitro groups is 1. The molecule has 1 aromatic rings. The van der Waals surface area contributed by atoms with Gasteiger partial charge in [0.05, 0.1) is 10.8 Å². The Morgan fingerprint density at radius 3 is 2.58 bits per heavy atom. The van der Waals surface area contributed by atoms with Crippen molar-refractivity contribution in [2.24, 2.45) is 5.92 Å². The van der Waals surface area contributed by atoms with E-state index in [9.17, 15) is 24.1 Å². The minimum Gasteiger partial charge on any atom is -0.481 e. The maximum atomic E-state index is 13.1. The zero-order chi connectivity index (χ0) is 14.2. The number of likely N-dealkylation sites (tertiary alicyclic amines) is 1. The van der Waals surface area contributed by atoms with Crippen LogP contribution in [0.3, 0.4) is 0 Å². The van der Waals surface area contributed by atoms with Crippen molar-refractivity contribution in [3.8, 4) is 0 Å². The van der Waals surface area contributed by atoms with Gasteiger partial charge in [-0.05, 0) is 12.1 Å². The molecule has 0 radical (unpaired) electrons. The molecule has 1 N–H and O–H groups in total. The van der Waals surface area contributed by atoms with Gasteiger partial charge < -0.3 is 10.0 Å². The fraction of sp³-hybridized carbons (Fsp3) is 0.273. The van der Waals surface area contributed by atoms with Gasteiger partial charge in [0.1, 0.15) is 11.4 Å². The zero-order valence-corrected chi connectivity index (χ0v) is 9.58. The van der Waals surface area contributed by atoms with E-state index in [0.29, 0.717) is 0 Å². The topological polar surface area (TPSA) is 101 Å². The van der Waals surface area contributed by atoms with Crippen LogP contribution in [0.5, 0.6) is 0 Å². The molecule has 1 heterocycles. The molecule has 1 fully saturated rings. The molecular weight excluding hydrogens is 259 g/mol. The summed E-state index contributed by atoms with van der Waals surface area (Å²) in [5, 5.41) is 19.4. The molecule has 0 saturated carbocycles. The Bertz CT molecular complexity index is 568. The lowest BCUT2D eigenvalue weighted by atomic mass is 9.99. The highest BCUT2D eigenvalue weighted by Gasteiger charge is 2.38. The Morgan fingerprint density at radius 2 is 2.05 bits per heavy atom. The molecule has 0 bridgehead atoms. The van der Waals surface area contributed by atoms with Crippen molar-refractivity contribution in [1.82, 2.24) is 4.90 Å². The van der Waals surface area contributed by atoms with Gasteiger partial charge in [-0.15, -0.1) is 0 Å². The van der Waals surface area contributed by atoms with E-state index >= 15 is 0 Å². The molecule has 2 rings (SSSR count). The molecule has 1 amide bonds. The predicted molar refractivity (Wildman–Crippen MR) is 60.1 cm³/mol. The quantitative estimate of drug-likeness (QED) is 0.648. The fourth-order valence-corrected chi connectivity index (χ4v) is 1.81. The first kappa shape index (κ1) is 12.9. The number of nitrogens with zero attached hydrogens (tertiary/aromatic N) is 2. The highest BCUT2D eigenvalue weighted by molar-refractivity contribution is 5.99. The molecule has 0 unspecified atom stereocenters. The van der Waals surface area contributed by atoms with Gasteiger partial charge in [0, 0.05) is 19.2 Å². The summed E-state index contributed by atoms with van der Waals surface area (Å²) in [5.41, 5.74) is -0.862. The number of benzene rings is 1. The lowest BCUT2D eigenvalue weighted by Crippen LogP contribution is -2.53. The minimum absolute atomic E-state index is 0.0260. The minimum atomic E-state index is -1.03. The van der Waals surface area contributed by atoms with Crippen molar-refractivity contribution in [3.05, 3.63) is 39.7 Å². The van der Waals surface area contributed by atoms with Gasteiger partial charge in [0.15, 0.2) is 0 Å². The number of carbonyl (C=O) groups is 2. The van der Waals surface area contributed by atoms with Crippen LogP contribution < -0.4 is 0 Å². The first-order chi connectivity index (χ1) is 8.90. The van der Waals surface area contributed by atoms with Crippen LogP contribution in [0.2, 0.25) is 0 Å². The van der Waals surface area contributed by atoms with Crippen LogP contribution in [0.1, 0.15) is 10.4 Å². The first-order valence-electron chi connectivity index (χ1n) is 5.36. The van der Waals surface area contributed by atoms with Gasteiger partial charge in [-0.3, -0.25) is 19.7 Å². The third kappa shape index (κ3) is 2.37. The maximum Gasteiger partial charge on any atom is 0.310 e. The third-order valence-corrected chi connectivity index (χ3v) is 2.90. The van der Waals surface area contributed by atoms with E-state index in [-0.39, 0.29) is 18.7 Å². The average Bonchev–Trinajstić information content (AvgIpc) is 2.25. The summed E-state index contributed by atoms with van der Waals surface area (Å²) < 4.78 is 13.1. The molecule has 0 atom stereocenters. The van der Waals surface area contributed by atoms with Gasteiger partial charge in [-0.1, -0.05) is 0 Å². The van der Waals surface area contributed by atoms with E-state index in [4.69, 9.17) is 5.11 Å². The van der Waals surface area contributed by atoms with Gasteiger partial charge in [0.2, 0.25) is 0 Å². The van der Waals surface area contributed by atoms with Gasteiger partial charge in [-0.2, -0.15) is 0 Å². The number of hydrogen-bond donors (Lipinski definition) is 1. The molecule has 0 aromatic heterocycles. The third-order valence-electron chi connectivity index (χ3n) is 2.90. The van der Waals surface area contributed by atoms with Gasteiger partial charge >= 0.3 is 5.97 Å². The van der Waals surface area contributed by atoms with Crippen LogP contribution in [0.4, 0.5) is 10.1 Å². The Hall–Kier alpha value is -2.51. The van der Waals surface area contributed by atoms with Crippen LogP contribution in [0.25, 0.3) is 0 Å². The van der Waals surface area contributed by atoms with Crippen molar-refractivity contribution >= 4 is 17.6 Å². The monoisotopic (exact) mass is 268 g/mol. The van der Waals surface area contributed by atoms with E-state index in [1.807, 2.05) is 0 Å². The number of rotatable bonds is 3. The normalized spacial score (nSPS) is 14.9. The lowest BCUT2D eigenvalue weighted by molar-refractivity contribution is -0.385. The second-order valence-corrected chi connectivity index (χ2v) is 4.16. The van der Waals surface area contributed by atoms with E-state index in [1.54, 1.807) is 0 Å². The summed E-state index contributed by atoms with van der Waals surface area (Å²) in [6.07, 6.45) is 0. The zero-order valence-electron chi connectivity index (χ0n) is 9.58. The molecule has 7 nitrogen and oxygen atoms in total. The smallest absolute Gasteiger partial charge is 0.310 e. The predicted octanol–water partition coefficient (Wildman–Crippen LogP) is 0.891. The van der Waals surface area contributed by atoms with Crippen molar-refractivity contribution < 1.29 is 24.0 Å². The summed E-state index contributed by atoms with van der Waals surface area (Å²) in [6, 6.07) is 2.59. The number of nitro benzene ring substituents is 1. The summed E-state index contributed by atoms with van der Waals surface area (Å²) in [7, 11) is 0. The number of carboxylic acids is 1. The average molecular weight is 268 g/mol. The Kier molecular flexibility index (Phi) is 3.16. The lowest BCUT2D eigenvalue weighted by Gasteiger charge is -2.36. The highest BCUT2D eigenvalue weighted by atomic mass is 19.1. The van der Waals surface area contributed by atoms with E-state index in [1.165, 1.54) is 0 Å². The Balaban J connectivity index is 2.23. The number of carboxylic acid groups (broad SMARTS) is 1. The second kappa shape index (κ2) is 4.63. The molecule has 1 aliphatic rings. The molecule has 100 valence electrons. The molecule has 1 aromatic carbocycles. The number of halogens is 1. The number of hydrogen-bond acceptors (Lipinski definition) is 4. The first-order valence-corrected chi connectivity index (χ1v) is 5.36. The van der Waals surface area contributed by atoms with Crippen LogP contribution in [-0.2, 0) is 4.79 Å². The summed E-state index contributed by atoms with van der Waals surface area (Å²) >= 11 is 0. The Labute approximate surface area is 106 Å². The Morgan fingerprint density at radius 1 is 1.42 bits per heavy atom. The molecule has 19 heavy (non-hydrogen) atoms. The highest BCUT2D eigenvalue weighted by Crippen LogP contribution is 2.25. The summed E-state index contributed by atoms with van der Waals surface area (Å²) in [4.78, 5) is 33.7. The van der Waals surface area contributed by atoms with Gasteiger partial charge in [0.25, 0.3) is 11.6 Å². The van der Waals surface area contributed by atoms with Crippen LogP contribution in [0.15, 0.2) is 18.2 Å². The van der Waals surface area contributed by atoms with E-state index < -0.39 is 34.2 Å². The van der Waals surface area contributed by atoms with Crippen molar-refractivity contribution in [2.45, 2.75) is 0 Å². The molecule has 1 saturated heterocycles. The van der Waals surface area contributed by atoms with E-state index in [0.717, 1.165) is 23.1 Å². The number of amides is 1. The fourth-order valence-electron chi connectivity index (χ4n) is 1.81. The number of carbonyl (C=O) groups excluding carboxylic acids is 1. The van der Waals surface area contributed by atoms with Crippen molar-refractivity contribution in [2.75, 3.05) is 13.1 Å². The SMILES string of the molecule is O=C(O)C1CN(C(=O)c2cc(F)ccc2[N+](=O)[O-])C1. The van der Waals surface area contributed by atoms with Crippen LogP contribution >= 0.6 is 0 Å². The number of aliphatic carboxylic acids is 1. The second-order valence-electron chi connectivity index (χ2n) is 4.16. The van der Waals surface area contributed by atoms with Crippen LogP contribution in [0, 0.1) is 21.8 Å². The van der Waals surface area contributed by atoms with Gasteiger partial charge in [-0.25, -0.2) is 4.39 Å². The molecule has 8 heteroatoms. The molecular formula is C11H9FN2O5. The summed E-state index contributed by atoms with van der Waals surface area (Å²) in [6.45, 7) is -0.0519. The molecule has 0 spiro atoms. The molecule has 0 aliphatic carbocycles. The van der Waals surface area contributed by atoms with E-state index in [2.05, 4.69) is 0 Å². The maximum absolute atomic E-state index is 13.1. The van der Waals surface area contributed by atoms with Crippen LogP contribution in [-0.4, -0.2) is 39.9 Å². The van der Waals surface area contributed by atoms with Crippen molar-refractivity contribution in [1.29, 1.82) is 0 Å². The summed E-state index contributed by atoms with van der Waals surface area (Å²) in [5.74, 6) is -3.19. The standard InChI is InChI=1S/C11H9FN2O5/c12-7-1-2-9(14(18)19)8(3-7)10(15)13-4-6(5-13)11(16)17/h1-3,6H,4-5H2,(H,16,17). The largest absolute Gasteiger partial charge is 0.481 e. The molecule has 1 aliphatic heterocycles. The van der Waals surface area contributed by atoms with Crippen molar-refractivity contribution in [3.63, 3.8) is 0 Å².